The highest BCUT2D eigenvalue weighted by molar-refractivity contribution is 7.92. The molecule has 1 N–H and O–H groups in total. The van der Waals surface area contributed by atoms with E-state index in [2.05, 4.69) is 5.32 Å². The van der Waals surface area contributed by atoms with Gasteiger partial charge in [0.2, 0.25) is 10.0 Å². The Morgan fingerprint density at radius 1 is 1.12 bits per heavy atom. The van der Waals surface area contributed by atoms with Gasteiger partial charge in [0.25, 0.3) is 5.91 Å². The van der Waals surface area contributed by atoms with Gasteiger partial charge in [-0.05, 0) is 56.2 Å². The van der Waals surface area contributed by atoms with Crippen molar-refractivity contribution < 1.29 is 18.0 Å². The predicted octanol–water partition coefficient (Wildman–Crippen LogP) is 2.85. The van der Waals surface area contributed by atoms with E-state index < -0.39 is 10.0 Å². The molecule has 1 amide bonds. The Labute approximate surface area is 152 Å². The quantitative estimate of drug-likeness (QED) is 0.837. The molecule has 6 nitrogen and oxygen atoms in total. The smallest absolute Gasteiger partial charge is 0.255 e. The lowest BCUT2D eigenvalue weighted by Crippen LogP contribution is -2.34. The molecule has 0 aromatic heterocycles. The molecule has 1 aliphatic rings. The summed E-state index contributed by atoms with van der Waals surface area (Å²) >= 11 is 0. The molecule has 0 aliphatic carbocycles. The topological polar surface area (TPSA) is 83.6 Å². The van der Waals surface area contributed by atoms with Crippen molar-refractivity contribution in [2.24, 2.45) is 0 Å². The van der Waals surface area contributed by atoms with Crippen LogP contribution in [0, 0.1) is 0 Å². The van der Waals surface area contributed by atoms with Crippen LogP contribution < -0.4 is 9.62 Å². The van der Waals surface area contributed by atoms with E-state index in [1.807, 2.05) is 6.92 Å². The van der Waals surface area contributed by atoms with E-state index in [-0.39, 0.29) is 17.7 Å². The van der Waals surface area contributed by atoms with E-state index in [0.29, 0.717) is 28.9 Å². The fourth-order valence-electron chi connectivity index (χ4n) is 3.27. The standard InChI is InChI=1S/C19H20N2O4S/c1-12-9-16-10-15(7-8-18(16)21(12)26(3,24)25)19(23)20-17-6-4-5-14(11-17)13(2)22/h4-8,10-12H,9H2,1-3H3,(H,20,23). The van der Waals surface area contributed by atoms with Crippen LogP contribution in [0.2, 0.25) is 0 Å². The number of anilines is 2. The van der Waals surface area contributed by atoms with Crippen LogP contribution in [0.1, 0.15) is 40.1 Å². The van der Waals surface area contributed by atoms with Crippen molar-refractivity contribution in [1.29, 1.82) is 0 Å². The number of hydrogen-bond acceptors (Lipinski definition) is 4. The average Bonchev–Trinajstić information content (AvgIpc) is 2.89. The van der Waals surface area contributed by atoms with Gasteiger partial charge < -0.3 is 5.32 Å². The summed E-state index contributed by atoms with van der Waals surface area (Å²) in [7, 11) is -3.36. The Bertz CT molecular complexity index is 998. The van der Waals surface area contributed by atoms with Crippen molar-refractivity contribution in [3.8, 4) is 0 Å². The summed E-state index contributed by atoms with van der Waals surface area (Å²) in [4.78, 5) is 24.0. The average molecular weight is 372 g/mol. The maximum absolute atomic E-state index is 12.5. The number of nitrogens with one attached hydrogen (secondary N) is 1. The molecular weight excluding hydrogens is 352 g/mol. The first-order valence-electron chi connectivity index (χ1n) is 8.21. The van der Waals surface area contributed by atoms with Gasteiger partial charge >= 0.3 is 0 Å². The second-order valence-corrected chi connectivity index (χ2v) is 8.41. The summed E-state index contributed by atoms with van der Waals surface area (Å²) < 4.78 is 25.3. The minimum atomic E-state index is -3.36. The Balaban J connectivity index is 1.86. The number of Topliss-reactive ketones (excluding diaryl/α,β-unsaturated/α-hetero) is 1. The minimum Gasteiger partial charge on any atom is -0.322 e. The molecule has 0 saturated carbocycles. The van der Waals surface area contributed by atoms with E-state index in [4.69, 9.17) is 0 Å². The van der Waals surface area contributed by atoms with Gasteiger partial charge in [0.1, 0.15) is 0 Å². The first-order chi connectivity index (χ1) is 12.2. The van der Waals surface area contributed by atoms with Crippen LogP contribution in [0.15, 0.2) is 42.5 Å². The monoisotopic (exact) mass is 372 g/mol. The number of benzene rings is 2. The van der Waals surface area contributed by atoms with Gasteiger partial charge in [0, 0.05) is 22.9 Å². The van der Waals surface area contributed by atoms with Crippen LogP contribution in [0.3, 0.4) is 0 Å². The highest BCUT2D eigenvalue weighted by atomic mass is 32.2. The zero-order chi connectivity index (χ0) is 19.1. The molecular formula is C19H20N2O4S. The molecule has 0 bridgehead atoms. The highest BCUT2D eigenvalue weighted by Gasteiger charge is 2.32. The van der Waals surface area contributed by atoms with Crippen molar-refractivity contribution in [1.82, 2.24) is 0 Å². The summed E-state index contributed by atoms with van der Waals surface area (Å²) in [5.74, 6) is -0.382. The third-order valence-corrected chi connectivity index (χ3v) is 5.65. The molecule has 0 spiro atoms. The highest BCUT2D eigenvalue weighted by Crippen LogP contribution is 2.34. The van der Waals surface area contributed by atoms with Crippen LogP contribution in [-0.2, 0) is 16.4 Å². The number of sulfonamides is 1. The lowest BCUT2D eigenvalue weighted by molar-refractivity contribution is 0.101. The summed E-state index contributed by atoms with van der Waals surface area (Å²) in [6, 6.07) is 11.6. The summed E-state index contributed by atoms with van der Waals surface area (Å²) in [6.45, 7) is 3.31. The Morgan fingerprint density at radius 2 is 1.85 bits per heavy atom. The molecule has 1 unspecified atom stereocenters. The number of carbonyl (C=O) groups is 2. The fraction of sp³-hybridized carbons (Fsp3) is 0.263. The first kappa shape index (κ1) is 18.1. The number of fused-ring (bicyclic) bond motifs is 1. The Morgan fingerprint density at radius 3 is 2.50 bits per heavy atom. The van der Waals surface area contributed by atoms with Gasteiger partial charge in [-0.3, -0.25) is 13.9 Å². The van der Waals surface area contributed by atoms with Crippen LogP contribution in [-0.4, -0.2) is 32.4 Å². The molecule has 1 heterocycles. The zero-order valence-corrected chi connectivity index (χ0v) is 15.6. The van der Waals surface area contributed by atoms with Crippen molar-refractivity contribution in [2.75, 3.05) is 15.9 Å². The van der Waals surface area contributed by atoms with Crippen LogP contribution >= 0.6 is 0 Å². The first-order valence-corrected chi connectivity index (χ1v) is 10.1. The molecule has 1 atom stereocenters. The van der Waals surface area contributed by atoms with E-state index in [1.165, 1.54) is 17.5 Å². The molecule has 3 rings (SSSR count). The van der Waals surface area contributed by atoms with Gasteiger partial charge in [0.15, 0.2) is 5.78 Å². The van der Waals surface area contributed by atoms with Gasteiger partial charge in [-0.2, -0.15) is 0 Å². The van der Waals surface area contributed by atoms with E-state index >= 15 is 0 Å². The summed E-state index contributed by atoms with van der Waals surface area (Å²) in [5, 5.41) is 2.77. The van der Waals surface area contributed by atoms with Crippen LogP contribution in [0.5, 0.6) is 0 Å². The lowest BCUT2D eigenvalue weighted by atomic mass is 10.1. The second kappa shape index (κ2) is 6.57. The Kier molecular flexibility index (Phi) is 4.58. The van der Waals surface area contributed by atoms with Crippen molar-refractivity contribution in [2.45, 2.75) is 26.3 Å². The molecule has 0 radical (unpaired) electrons. The molecule has 7 heteroatoms. The Hall–Kier alpha value is -2.67. The number of nitrogens with zero attached hydrogens (tertiary/aromatic N) is 1. The van der Waals surface area contributed by atoms with Gasteiger partial charge in [-0.25, -0.2) is 8.42 Å². The lowest BCUT2D eigenvalue weighted by Gasteiger charge is -2.21. The summed E-state index contributed by atoms with van der Waals surface area (Å²) in [5.41, 5.74) is 2.95. The normalized spacial score (nSPS) is 16.3. The van der Waals surface area contributed by atoms with Gasteiger partial charge in [-0.15, -0.1) is 0 Å². The van der Waals surface area contributed by atoms with E-state index in [9.17, 15) is 18.0 Å². The van der Waals surface area contributed by atoms with Crippen molar-refractivity contribution in [3.05, 3.63) is 59.2 Å². The molecule has 26 heavy (non-hydrogen) atoms. The largest absolute Gasteiger partial charge is 0.322 e. The minimum absolute atomic E-state index is 0.0755. The fourth-order valence-corrected chi connectivity index (χ4v) is 4.53. The van der Waals surface area contributed by atoms with Crippen molar-refractivity contribution >= 4 is 33.1 Å². The maximum Gasteiger partial charge on any atom is 0.255 e. The predicted molar refractivity (Wildman–Crippen MR) is 101 cm³/mol. The molecule has 1 aliphatic heterocycles. The van der Waals surface area contributed by atoms with Crippen LogP contribution in [0.4, 0.5) is 11.4 Å². The molecule has 2 aromatic carbocycles. The van der Waals surface area contributed by atoms with E-state index in [1.54, 1.807) is 42.5 Å². The van der Waals surface area contributed by atoms with Crippen LogP contribution in [0.25, 0.3) is 0 Å². The van der Waals surface area contributed by atoms with E-state index in [0.717, 1.165) is 5.56 Å². The number of ketones is 1. The SMILES string of the molecule is CC(=O)c1cccc(NC(=O)c2ccc3c(c2)CC(C)N3S(C)(=O)=O)c1. The zero-order valence-electron chi connectivity index (χ0n) is 14.8. The van der Waals surface area contributed by atoms with Gasteiger partial charge in [0.05, 0.1) is 11.9 Å². The number of amides is 1. The number of rotatable bonds is 4. The molecule has 2 aromatic rings. The third-order valence-electron chi connectivity index (χ3n) is 4.38. The van der Waals surface area contributed by atoms with Crippen molar-refractivity contribution in [3.63, 3.8) is 0 Å². The second-order valence-electron chi connectivity index (χ2n) is 6.55. The number of hydrogen-bond donors (Lipinski definition) is 1. The maximum atomic E-state index is 12.5. The molecule has 0 fully saturated rings. The number of carbonyl (C=O) groups excluding carboxylic acids is 2. The summed E-state index contributed by atoms with van der Waals surface area (Å²) in [6.07, 6.45) is 1.74. The van der Waals surface area contributed by atoms with Gasteiger partial charge in [-0.1, -0.05) is 12.1 Å². The molecule has 0 saturated heterocycles. The third kappa shape index (κ3) is 3.48. The molecule has 136 valence electrons.